The van der Waals surface area contributed by atoms with E-state index in [1.165, 1.54) is 0 Å². The number of rotatable bonds is 5. The van der Waals surface area contributed by atoms with E-state index >= 15 is 0 Å². The van der Waals surface area contributed by atoms with E-state index in [0.717, 1.165) is 0 Å². The van der Waals surface area contributed by atoms with E-state index in [1.54, 1.807) is 18.4 Å². The van der Waals surface area contributed by atoms with E-state index in [-0.39, 0.29) is 11.2 Å². The maximum atomic E-state index is 11.6. The first-order valence-corrected chi connectivity index (χ1v) is 6.79. The molecule has 1 unspecified atom stereocenters. The molecule has 1 atom stereocenters. The summed E-state index contributed by atoms with van der Waals surface area (Å²) in [6.45, 7) is 5.64. The van der Waals surface area contributed by atoms with Crippen LogP contribution >= 0.6 is 0 Å². The summed E-state index contributed by atoms with van der Waals surface area (Å²) in [4.78, 5) is 11.6. The van der Waals surface area contributed by atoms with Gasteiger partial charge in [0, 0.05) is 28.4 Å². The Bertz CT molecular complexity index is 360. The molecule has 0 amide bonds. The maximum Gasteiger partial charge on any atom is 0.139 e. The van der Waals surface area contributed by atoms with Gasteiger partial charge >= 0.3 is 0 Å². The SMILES string of the molecule is CC(C)(C)C(=O)CCS(=O)Cc1ccco1. The number of furan rings is 1. The first-order chi connectivity index (χ1) is 7.39. The maximum absolute atomic E-state index is 11.6. The first-order valence-electron chi connectivity index (χ1n) is 5.30. The van der Waals surface area contributed by atoms with Gasteiger partial charge in [0.1, 0.15) is 11.5 Å². The van der Waals surface area contributed by atoms with Gasteiger partial charge in [-0.2, -0.15) is 0 Å². The van der Waals surface area contributed by atoms with Crippen LogP contribution in [0.4, 0.5) is 0 Å². The number of carbonyl (C=O) groups is 1. The molecule has 0 fully saturated rings. The zero-order valence-corrected chi connectivity index (χ0v) is 10.8. The molecule has 16 heavy (non-hydrogen) atoms. The molecular formula is C12H18O3S. The summed E-state index contributed by atoms with van der Waals surface area (Å²) in [5.41, 5.74) is -0.338. The van der Waals surface area contributed by atoms with Gasteiger partial charge in [-0.15, -0.1) is 0 Å². The molecule has 0 spiro atoms. The van der Waals surface area contributed by atoms with Gasteiger partial charge in [-0.05, 0) is 12.1 Å². The summed E-state index contributed by atoms with van der Waals surface area (Å²) in [6.07, 6.45) is 1.93. The molecule has 90 valence electrons. The smallest absolute Gasteiger partial charge is 0.139 e. The standard InChI is InChI=1S/C12H18O3S/c1-12(2,3)11(13)6-8-16(14)9-10-5-4-7-15-10/h4-5,7H,6,8-9H2,1-3H3. The normalized spacial score (nSPS) is 13.7. The van der Waals surface area contributed by atoms with Crippen LogP contribution in [0.5, 0.6) is 0 Å². The highest BCUT2D eigenvalue weighted by molar-refractivity contribution is 7.84. The number of hydrogen-bond donors (Lipinski definition) is 0. The van der Waals surface area contributed by atoms with Crippen molar-refractivity contribution in [3.63, 3.8) is 0 Å². The van der Waals surface area contributed by atoms with Gasteiger partial charge in [-0.25, -0.2) is 0 Å². The van der Waals surface area contributed by atoms with Crippen molar-refractivity contribution in [1.29, 1.82) is 0 Å². The van der Waals surface area contributed by atoms with Gasteiger partial charge in [-0.1, -0.05) is 20.8 Å². The van der Waals surface area contributed by atoms with Gasteiger partial charge in [0.05, 0.1) is 12.0 Å². The molecular weight excluding hydrogens is 224 g/mol. The third kappa shape index (κ3) is 4.31. The van der Waals surface area contributed by atoms with Crippen LogP contribution in [0, 0.1) is 5.41 Å². The zero-order valence-electron chi connectivity index (χ0n) is 9.99. The summed E-state index contributed by atoms with van der Waals surface area (Å²) in [5, 5.41) is 0. The molecule has 0 aliphatic rings. The molecule has 1 aromatic rings. The lowest BCUT2D eigenvalue weighted by Gasteiger charge is -2.15. The topological polar surface area (TPSA) is 47.3 Å². The zero-order chi connectivity index (χ0) is 12.2. The molecule has 0 bridgehead atoms. The molecule has 4 heteroatoms. The predicted octanol–water partition coefficient (Wildman–Crippen LogP) is 2.53. The van der Waals surface area contributed by atoms with Gasteiger partial charge in [0.25, 0.3) is 0 Å². The van der Waals surface area contributed by atoms with Crippen molar-refractivity contribution in [2.45, 2.75) is 32.9 Å². The molecule has 0 aliphatic heterocycles. The van der Waals surface area contributed by atoms with Crippen molar-refractivity contribution >= 4 is 16.6 Å². The van der Waals surface area contributed by atoms with E-state index in [2.05, 4.69) is 0 Å². The van der Waals surface area contributed by atoms with Crippen molar-refractivity contribution in [1.82, 2.24) is 0 Å². The predicted molar refractivity (Wildman–Crippen MR) is 64.5 cm³/mol. The third-order valence-corrected chi connectivity index (χ3v) is 3.54. The van der Waals surface area contributed by atoms with Crippen LogP contribution in [-0.4, -0.2) is 15.7 Å². The summed E-state index contributed by atoms with van der Waals surface area (Å²) >= 11 is 0. The van der Waals surface area contributed by atoms with E-state index in [9.17, 15) is 9.00 Å². The molecule has 0 aromatic carbocycles. The Morgan fingerprint density at radius 1 is 1.44 bits per heavy atom. The minimum atomic E-state index is -1.02. The van der Waals surface area contributed by atoms with Crippen molar-refractivity contribution in [2.75, 3.05) is 5.75 Å². The molecule has 1 aromatic heterocycles. The fourth-order valence-corrected chi connectivity index (χ4v) is 2.25. The van der Waals surface area contributed by atoms with Crippen LogP contribution in [0.15, 0.2) is 22.8 Å². The number of ketones is 1. The lowest BCUT2D eigenvalue weighted by Crippen LogP contribution is -2.22. The van der Waals surface area contributed by atoms with Crippen LogP contribution in [0.25, 0.3) is 0 Å². The summed E-state index contributed by atoms with van der Waals surface area (Å²) in [6, 6.07) is 3.57. The highest BCUT2D eigenvalue weighted by Gasteiger charge is 2.21. The van der Waals surface area contributed by atoms with Crippen molar-refractivity contribution in [2.24, 2.45) is 5.41 Å². The Balaban J connectivity index is 2.34. The quantitative estimate of drug-likeness (QED) is 0.797. The molecule has 3 nitrogen and oxygen atoms in total. The fraction of sp³-hybridized carbons (Fsp3) is 0.583. The largest absolute Gasteiger partial charge is 0.468 e. The van der Waals surface area contributed by atoms with Crippen LogP contribution in [0.2, 0.25) is 0 Å². The van der Waals surface area contributed by atoms with Crippen molar-refractivity contribution < 1.29 is 13.4 Å². The summed E-state index contributed by atoms with van der Waals surface area (Å²) < 4.78 is 16.7. The lowest BCUT2D eigenvalue weighted by molar-refractivity contribution is -0.125. The van der Waals surface area contributed by atoms with Crippen LogP contribution in [-0.2, 0) is 21.3 Å². The van der Waals surface area contributed by atoms with Crippen LogP contribution < -0.4 is 0 Å². The highest BCUT2D eigenvalue weighted by atomic mass is 32.2. The molecule has 0 radical (unpaired) electrons. The highest BCUT2D eigenvalue weighted by Crippen LogP contribution is 2.17. The van der Waals surface area contributed by atoms with E-state index in [1.807, 2.05) is 20.8 Å². The summed E-state index contributed by atoms with van der Waals surface area (Å²) in [5.74, 6) is 1.67. The second kappa shape index (κ2) is 5.43. The Hall–Kier alpha value is -0.900. The van der Waals surface area contributed by atoms with Gasteiger partial charge in [0.15, 0.2) is 0 Å². The fourth-order valence-electron chi connectivity index (χ4n) is 1.21. The first kappa shape index (κ1) is 13.2. The average Bonchev–Trinajstić information content (AvgIpc) is 2.65. The van der Waals surface area contributed by atoms with Gasteiger partial charge in [-0.3, -0.25) is 9.00 Å². The molecule has 0 aliphatic carbocycles. The Kier molecular flexibility index (Phi) is 4.47. The van der Waals surface area contributed by atoms with E-state index in [0.29, 0.717) is 23.7 Å². The van der Waals surface area contributed by atoms with E-state index < -0.39 is 10.8 Å². The van der Waals surface area contributed by atoms with E-state index in [4.69, 9.17) is 4.42 Å². The minimum Gasteiger partial charge on any atom is -0.468 e. The third-order valence-electron chi connectivity index (χ3n) is 2.28. The minimum absolute atomic E-state index is 0.153. The number of Topliss-reactive ketones (excluding diaryl/α,β-unsaturated/α-hetero) is 1. The average molecular weight is 242 g/mol. The number of carbonyl (C=O) groups excluding carboxylic acids is 1. The molecule has 0 saturated carbocycles. The lowest BCUT2D eigenvalue weighted by atomic mass is 9.89. The molecule has 0 N–H and O–H groups in total. The molecule has 0 saturated heterocycles. The van der Waals surface area contributed by atoms with Gasteiger partial charge < -0.3 is 4.42 Å². The second-order valence-corrected chi connectivity index (χ2v) is 6.37. The molecule has 1 heterocycles. The monoisotopic (exact) mass is 242 g/mol. The van der Waals surface area contributed by atoms with Gasteiger partial charge in [0.2, 0.25) is 0 Å². The van der Waals surface area contributed by atoms with Crippen LogP contribution in [0.3, 0.4) is 0 Å². The number of hydrogen-bond acceptors (Lipinski definition) is 3. The Morgan fingerprint density at radius 3 is 2.62 bits per heavy atom. The van der Waals surface area contributed by atoms with Crippen LogP contribution in [0.1, 0.15) is 33.0 Å². The van der Waals surface area contributed by atoms with Crippen molar-refractivity contribution in [3.8, 4) is 0 Å². The Labute approximate surface area is 98.7 Å². The Morgan fingerprint density at radius 2 is 2.12 bits per heavy atom. The second-order valence-electron chi connectivity index (χ2n) is 4.79. The van der Waals surface area contributed by atoms with Crippen molar-refractivity contribution in [3.05, 3.63) is 24.2 Å². The summed E-state index contributed by atoms with van der Waals surface area (Å²) in [7, 11) is -1.02. The molecule has 1 rings (SSSR count).